The Morgan fingerprint density at radius 3 is 2.12 bits per heavy atom. The molecule has 0 aliphatic carbocycles. The molecule has 0 bridgehead atoms. The van der Waals surface area contributed by atoms with Crippen LogP contribution >= 0.6 is 0 Å². The average Bonchev–Trinajstić information content (AvgIpc) is 2.29. The van der Waals surface area contributed by atoms with E-state index in [1.807, 2.05) is 0 Å². The molecule has 2 rings (SSSR count). The van der Waals surface area contributed by atoms with Gasteiger partial charge in [-0.1, -0.05) is 31.2 Å². The van der Waals surface area contributed by atoms with Crippen LogP contribution in [0.1, 0.15) is 18.1 Å². The van der Waals surface area contributed by atoms with Crippen LogP contribution in [0.4, 0.5) is 13.2 Å². The van der Waals surface area contributed by atoms with E-state index in [4.69, 9.17) is 0 Å². The zero-order chi connectivity index (χ0) is 12.4. The van der Waals surface area contributed by atoms with Crippen molar-refractivity contribution in [3.63, 3.8) is 0 Å². The zero-order valence-electron chi connectivity index (χ0n) is 9.18. The fourth-order valence-electron chi connectivity index (χ4n) is 1.70. The summed E-state index contributed by atoms with van der Waals surface area (Å²) in [5.41, 5.74) is 0.523. The maximum atomic E-state index is 13.5. The van der Waals surface area contributed by atoms with Gasteiger partial charge in [-0.05, 0) is 23.3 Å². The Balaban J connectivity index is 2.44. The summed E-state index contributed by atoms with van der Waals surface area (Å²) in [6.07, 6.45) is 0. The summed E-state index contributed by atoms with van der Waals surface area (Å²) in [5, 5.41) is 0. The minimum atomic E-state index is -0.689. The molecule has 17 heavy (non-hydrogen) atoms. The van der Waals surface area contributed by atoms with E-state index in [0.717, 1.165) is 12.1 Å². The second-order valence-electron chi connectivity index (χ2n) is 3.73. The fraction of sp³-hybridized carbons (Fsp3) is 0.0714. The molecule has 2 aromatic carbocycles. The first-order chi connectivity index (χ1) is 8.09. The number of rotatable bonds is 2. The van der Waals surface area contributed by atoms with Gasteiger partial charge in [-0.2, -0.15) is 0 Å². The molecule has 1 radical (unpaired) electrons. The standard InChI is InChI=1S/C14H10F3/c1-9(11-4-2-3-5-13(11)16)12-7-6-10(15)8-14(12)17/h2-8H,1H3. The topological polar surface area (TPSA) is 0 Å². The van der Waals surface area contributed by atoms with Gasteiger partial charge in [-0.15, -0.1) is 0 Å². The lowest BCUT2D eigenvalue weighted by Gasteiger charge is -2.13. The number of hydrogen-bond donors (Lipinski definition) is 0. The highest BCUT2D eigenvalue weighted by molar-refractivity contribution is 5.45. The highest BCUT2D eigenvalue weighted by atomic mass is 19.1. The molecule has 2 aromatic rings. The van der Waals surface area contributed by atoms with E-state index in [1.165, 1.54) is 12.1 Å². The van der Waals surface area contributed by atoms with Gasteiger partial charge < -0.3 is 0 Å². The van der Waals surface area contributed by atoms with Crippen LogP contribution in [-0.2, 0) is 0 Å². The van der Waals surface area contributed by atoms with Crippen molar-refractivity contribution >= 4 is 0 Å². The number of benzene rings is 2. The van der Waals surface area contributed by atoms with Crippen LogP contribution in [0, 0.1) is 23.4 Å². The van der Waals surface area contributed by atoms with Gasteiger partial charge in [-0.3, -0.25) is 0 Å². The second-order valence-corrected chi connectivity index (χ2v) is 3.73. The smallest absolute Gasteiger partial charge is 0.130 e. The summed E-state index contributed by atoms with van der Waals surface area (Å²) in [4.78, 5) is 0. The maximum Gasteiger partial charge on any atom is 0.130 e. The van der Waals surface area contributed by atoms with E-state index < -0.39 is 17.5 Å². The van der Waals surface area contributed by atoms with Crippen molar-refractivity contribution in [1.29, 1.82) is 0 Å². The van der Waals surface area contributed by atoms with Gasteiger partial charge in [0.15, 0.2) is 0 Å². The molecule has 0 atom stereocenters. The molecule has 3 heteroatoms. The Hall–Kier alpha value is -1.77. The van der Waals surface area contributed by atoms with E-state index >= 15 is 0 Å². The predicted octanol–water partition coefficient (Wildman–Crippen LogP) is 4.09. The highest BCUT2D eigenvalue weighted by Gasteiger charge is 2.17. The summed E-state index contributed by atoms with van der Waals surface area (Å²) in [7, 11) is 0. The van der Waals surface area contributed by atoms with Gasteiger partial charge in [0.25, 0.3) is 0 Å². The average molecular weight is 235 g/mol. The minimum absolute atomic E-state index is 0.205. The molecule has 87 valence electrons. The fourth-order valence-corrected chi connectivity index (χ4v) is 1.70. The molecular formula is C14H10F3. The molecule has 0 aromatic heterocycles. The summed E-state index contributed by atoms with van der Waals surface area (Å²) >= 11 is 0. The van der Waals surface area contributed by atoms with Crippen LogP contribution in [-0.4, -0.2) is 0 Å². The Bertz CT molecular complexity index is 535. The zero-order valence-corrected chi connectivity index (χ0v) is 9.18. The lowest BCUT2D eigenvalue weighted by molar-refractivity contribution is 0.574. The highest BCUT2D eigenvalue weighted by Crippen LogP contribution is 2.27. The van der Waals surface area contributed by atoms with Crippen molar-refractivity contribution in [2.45, 2.75) is 6.92 Å². The van der Waals surface area contributed by atoms with Crippen molar-refractivity contribution in [2.24, 2.45) is 0 Å². The van der Waals surface area contributed by atoms with Crippen LogP contribution in [0.25, 0.3) is 0 Å². The molecule has 0 spiro atoms. The van der Waals surface area contributed by atoms with E-state index in [9.17, 15) is 13.2 Å². The van der Waals surface area contributed by atoms with Crippen LogP contribution in [0.3, 0.4) is 0 Å². The second kappa shape index (κ2) is 4.62. The summed E-state index contributed by atoms with van der Waals surface area (Å²) in [5.74, 6) is -1.31. The van der Waals surface area contributed by atoms with Crippen molar-refractivity contribution in [1.82, 2.24) is 0 Å². The maximum absolute atomic E-state index is 13.5. The van der Waals surface area contributed by atoms with Gasteiger partial charge in [0.05, 0.1) is 0 Å². The Labute approximate surface area is 97.7 Å². The summed E-state index contributed by atoms with van der Waals surface area (Å²) < 4.78 is 39.8. The van der Waals surface area contributed by atoms with E-state index in [1.54, 1.807) is 25.1 Å². The van der Waals surface area contributed by atoms with Crippen molar-refractivity contribution in [3.05, 3.63) is 77.0 Å². The molecule has 0 unspecified atom stereocenters. The SMILES string of the molecule is C[C](c1ccccc1F)c1ccc(F)cc1F. The molecule has 0 nitrogen and oxygen atoms in total. The number of hydrogen-bond acceptors (Lipinski definition) is 0. The third-order valence-electron chi connectivity index (χ3n) is 2.61. The Morgan fingerprint density at radius 2 is 1.47 bits per heavy atom. The molecule has 0 saturated heterocycles. The third-order valence-corrected chi connectivity index (χ3v) is 2.61. The lowest BCUT2D eigenvalue weighted by atomic mass is 9.92. The summed E-state index contributed by atoms with van der Waals surface area (Å²) in [6.45, 7) is 1.61. The molecule has 0 N–H and O–H groups in total. The van der Waals surface area contributed by atoms with Gasteiger partial charge >= 0.3 is 0 Å². The van der Waals surface area contributed by atoms with E-state index in [0.29, 0.717) is 11.5 Å². The predicted molar refractivity (Wildman–Crippen MR) is 59.9 cm³/mol. The van der Waals surface area contributed by atoms with Crippen LogP contribution < -0.4 is 0 Å². The molecule has 0 aliphatic heterocycles. The molecular weight excluding hydrogens is 225 g/mol. The first-order valence-electron chi connectivity index (χ1n) is 5.13. The third kappa shape index (κ3) is 2.33. The molecule has 0 fully saturated rings. The van der Waals surface area contributed by atoms with Crippen LogP contribution in [0.2, 0.25) is 0 Å². The van der Waals surface area contributed by atoms with Gasteiger partial charge in [0.1, 0.15) is 17.5 Å². The molecule has 0 aliphatic rings. The minimum Gasteiger partial charge on any atom is -0.207 e. The quantitative estimate of drug-likeness (QED) is 0.735. The van der Waals surface area contributed by atoms with E-state index in [2.05, 4.69) is 0 Å². The van der Waals surface area contributed by atoms with Crippen molar-refractivity contribution in [3.8, 4) is 0 Å². The molecule has 0 amide bonds. The summed E-state index contributed by atoms with van der Waals surface area (Å²) in [6, 6.07) is 9.36. The molecule has 0 heterocycles. The van der Waals surface area contributed by atoms with Crippen LogP contribution in [0.15, 0.2) is 42.5 Å². The Kier molecular flexibility index (Phi) is 3.18. The monoisotopic (exact) mass is 235 g/mol. The van der Waals surface area contributed by atoms with Crippen molar-refractivity contribution < 1.29 is 13.2 Å². The lowest BCUT2D eigenvalue weighted by Crippen LogP contribution is -2.03. The molecule has 0 saturated carbocycles. The van der Waals surface area contributed by atoms with E-state index in [-0.39, 0.29) is 5.56 Å². The number of halogens is 3. The van der Waals surface area contributed by atoms with Gasteiger partial charge in [0, 0.05) is 12.0 Å². The first-order valence-corrected chi connectivity index (χ1v) is 5.13. The van der Waals surface area contributed by atoms with Crippen molar-refractivity contribution in [2.75, 3.05) is 0 Å². The van der Waals surface area contributed by atoms with Gasteiger partial charge in [0.2, 0.25) is 0 Å². The van der Waals surface area contributed by atoms with Gasteiger partial charge in [-0.25, -0.2) is 13.2 Å². The largest absolute Gasteiger partial charge is 0.207 e. The normalized spacial score (nSPS) is 10.9. The first kappa shape index (κ1) is 11.7. The Morgan fingerprint density at radius 1 is 0.824 bits per heavy atom. The van der Waals surface area contributed by atoms with Crippen LogP contribution in [0.5, 0.6) is 0 Å².